The van der Waals surface area contributed by atoms with Gasteiger partial charge >= 0.3 is 6.09 Å². The number of rotatable bonds is 4. The van der Waals surface area contributed by atoms with E-state index in [1.165, 1.54) is 6.08 Å². The highest BCUT2D eigenvalue weighted by Crippen LogP contribution is 2.17. The highest BCUT2D eigenvalue weighted by molar-refractivity contribution is 6.09. The van der Waals surface area contributed by atoms with E-state index in [0.29, 0.717) is 11.3 Å². The number of carbonyl (C=O) groups excluding carboxylic acids is 2. The summed E-state index contributed by atoms with van der Waals surface area (Å²) in [5.74, 6) is -0.0656. The molecule has 1 aliphatic rings. The Balaban J connectivity index is 2.16. The SMILES string of the molecule is O=C1NC(=O)C(=Cc2cccc(OCCO)c2)O1. The lowest BCUT2D eigenvalue weighted by Gasteiger charge is -2.04. The summed E-state index contributed by atoms with van der Waals surface area (Å²) in [6.45, 7) is 0.112. The van der Waals surface area contributed by atoms with Gasteiger partial charge in [-0.1, -0.05) is 12.1 Å². The molecule has 0 radical (unpaired) electrons. The number of nitrogens with one attached hydrogen (secondary N) is 1. The van der Waals surface area contributed by atoms with Gasteiger partial charge in [0.2, 0.25) is 0 Å². The Hall–Kier alpha value is -2.34. The molecule has 0 unspecified atom stereocenters. The van der Waals surface area contributed by atoms with E-state index in [1.54, 1.807) is 24.3 Å². The van der Waals surface area contributed by atoms with Gasteiger partial charge in [-0.3, -0.25) is 10.1 Å². The van der Waals surface area contributed by atoms with Gasteiger partial charge in [-0.05, 0) is 23.8 Å². The summed E-state index contributed by atoms with van der Waals surface area (Å²) >= 11 is 0. The number of hydrogen-bond acceptors (Lipinski definition) is 5. The topological polar surface area (TPSA) is 84.9 Å². The quantitative estimate of drug-likeness (QED) is 0.766. The number of benzene rings is 1. The summed E-state index contributed by atoms with van der Waals surface area (Å²) in [6.07, 6.45) is 0.658. The zero-order chi connectivity index (χ0) is 13.0. The van der Waals surface area contributed by atoms with E-state index in [0.717, 1.165) is 0 Å². The third-order valence-corrected chi connectivity index (χ3v) is 2.16. The number of imide groups is 1. The largest absolute Gasteiger partial charge is 0.491 e. The van der Waals surface area contributed by atoms with E-state index in [2.05, 4.69) is 4.74 Å². The lowest BCUT2D eigenvalue weighted by Crippen LogP contribution is -2.18. The third kappa shape index (κ3) is 2.86. The van der Waals surface area contributed by atoms with Gasteiger partial charge < -0.3 is 14.6 Å². The van der Waals surface area contributed by atoms with Crippen LogP contribution in [0.4, 0.5) is 4.79 Å². The van der Waals surface area contributed by atoms with Crippen LogP contribution in [-0.4, -0.2) is 30.3 Å². The van der Waals surface area contributed by atoms with E-state index in [1.807, 2.05) is 5.32 Å². The van der Waals surface area contributed by atoms with Gasteiger partial charge in [0.05, 0.1) is 6.61 Å². The Bertz CT molecular complexity index is 509. The molecule has 94 valence electrons. The molecule has 18 heavy (non-hydrogen) atoms. The number of cyclic esters (lactones) is 1. The summed E-state index contributed by atoms with van der Waals surface area (Å²) in [6, 6.07) is 6.85. The third-order valence-electron chi connectivity index (χ3n) is 2.16. The van der Waals surface area contributed by atoms with Crippen molar-refractivity contribution < 1.29 is 24.2 Å². The minimum atomic E-state index is -0.779. The van der Waals surface area contributed by atoms with Crippen LogP contribution in [0.15, 0.2) is 30.0 Å². The molecule has 0 bridgehead atoms. The Labute approximate surface area is 103 Å². The normalized spacial score (nSPS) is 16.6. The first-order chi connectivity index (χ1) is 8.69. The first-order valence-corrected chi connectivity index (χ1v) is 5.27. The first-order valence-electron chi connectivity index (χ1n) is 5.27. The van der Waals surface area contributed by atoms with E-state index in [9.17, 15) is 9.59 Å². The Morgan fingerprint density at radius 3 is 2.89 bits per heavy atom. The fourth-order valence-corrected chi connectivity index (χ4v) is 1.43. The fourth-order valence-electron chi connectivity index (χ4n) is 1.43. The molecule has 0 atom stereocenters. The number of amides is 2. The van der Waals surface area contributed by atoms with Crippen LogP contribution in [0.5, 0.6) is 5.75 Å². The van der Waals surface area contributed by atoms with E-state index in [4.69, 9.17) is 9.84 Å². The summed E-state index contributed by atoms with van der Waals surface area (Å²) in [5, 5.41) is 10.6. The summed E-state index contributed by atoms with van der Waals surface area (Å²) in [5.41, 5.74) is 0.658. The lowest BCUT2D eigenvalue weighted by atomic mass is 10.2. The van der Waals surface area contributed by atoms with Gasteiger partial charge in [-0.2, -0.15) is 0 Å². The van der Waals surface area contributed by atoms with Crippen molar-refractivity contribution in [3.05, 3.63) is 35.6 Å². The molecule has 0 aliphatic carbocycles. The average Bonchev–Trinajstić information content (AvgIpc) is 2.66. The van der Waals surface area contributed by atoms with Gasteiger partial charge in [-0.15, -0.1) is 0 Å². The summed E-state index contributed by atoms with van der Waals surface area (Å²) in [4.78, 5) is 22.1. The molecular formula is C12H11NO5. The van der Waals surface area contributed by atoms with Crippen molar-refractivity contribution in [2.45, 2.75) is 0 Å². The molecule has 1 heterocycles. The number of aliphatic hydroxyl groups is 1. The number of ether oxygens (including phenoxy) is 2. The van der Waals surface area contributed by atoms with Crippen molar-refractivity contribution in [2.75, 3.05) is 13.2 Å². The maximum atomic E-state index is 11.3. The van der Waals surface area contributed by atoms with Crippen LogP contribution in [0.2, 0.25) is 0 Å². The molecule has 2 amide bonds. The summed E-state index contributed by atoms with van der Waals surface area (Å²) < 4.78 is 9.90. The van der Waals surface area contributed by atoms with Crippen LogP contribution >= 0.6 is 0 Å². The number of aliphatic hydroxyl groups excluding tert-OH is 1. The van der Waals surface area contributed by atoms with Gasteiger partial charge in [0.25, 0.3) is 5.91 Å². The minimum absolute atomic E-state index is 0.0562. The van der Waals surface area contributed by atoms with Gasteiger partial charge in [0, 0.05) is 0 Å². The van der Waals surface area contributed by atoms with Crippen molar-refractivity contribution in [3.63, 3.8) is 0 Å². The minimum Gasteiger partial charge on any atom is -0.491 e. The van der Waals surface area contributed by atoms with Crippen molar-refractivity contribution in [1.82, 2.24) is 5.32 Å². The van der Waals surface area contributed by atoms with Crippen LogP contribution in [0.3, 0.4) is 0 Å². The molecule has 2 N–H and O–H groups in total. The van der Waals surface area contributed by atoms with E-state index in [-0.39, 0.29) is 19.0 Å². The first kappa shape index (κ1) is 12.1. The highest BCUT2D eigenvalue weighted by atomic mass is 16.6. The maximum Gasteiger partial charge on any atom is 0.419 e. The molecule has 0 aromatic heterocycles. The monoisotopic (exact) mass is 249 g/mol. The van der Waals surface area contributed by atoms with Gasteiger partial charge in [-0.25, -0.2) is 4.79 Å². The second kappa shape index (κ2) is 5.33. The molecule has 1 fully saturated rings. The molecule has 1 aliphatic heterocycles. The standard InChI is InChI=1S/C12H11NO5/c14-4-5-17-9-3-1-2-8(6-9)7-10-11(15)13-12(16)18-10/h1-3,6-7,14H,4-5H2,(H,13,15,16). The second-order valence-corrected chi connectivity index (χ2v) is 3.50. The highest BCUT2D eigenvalue weighted by Gasteiger charge is 2.25. The molecule has 1 aromatic rings. The lowest BCUT2D eigenvalue weighted by molar-refractivity contribution is -0.116. The molecular weight excluding hydrogens is 238 g/mol. The molecule has 6 heteroatoms. The molecule has 6 nitrogen and oxygen atoms in total. The van der Waals surface area contributed by atoms with Crippen molar-refractivity contribution in [3.8, 4) is 5.75 Å². The van der Waals surface area contributed by atoms with Gasteiger partial charge in [0.15, 0.2) is 5.76 Å². The summed E-state index contributed by atoms with van der Waals surface area (Å²) in [7, 11) is 0. The molecule has 0 spiro atoms. The molecule has 2 rings (SSSR count). The van der Waals surface area contributed by atoms with Crippen LogP contribution in [0.25, 0.3) is 6.08 Å². The van der Waals surface area contributed by atoms with E-state index < -0.39 is 12.0 Å². The maximum absolute atomic E-state index is 11.3. The Morgan fingerprint density at radius 1 is 1.39 bits per heavy atom. The van der Waals surface area contributed by atoms with Crippen molar-refractivity contribution in [2.24, 2.45) is 0 Å². The number of carbonyl (C=O) groups is 2. The van der Waals surface area contributed by atoms with Crippen molar-refractivity contribution >= 4 is 18.1 Å². The predicted octanol–water partition coefficient (Wildman–Crippen LogP) is 0.665. The van der Waals surface area contributed by atoms with Gasteiger partial charge in [0.1, 0.15) is 12.4 Å². The average molecular weight is 249 g/mol. The smallest absolute Gasteiger partial charge is 0.419 e. The zero-order valence-corrected chi connectivity index (χ0v) is 9.38. The van der Waals surface area contributed by atoms with Crippen LogP contribution in [0.1, 0.15) is 5.56 Å². The van der Waals surface area contributed by atoms with Crippen LogP contribution in [0, 0.1) is 0 Å². The predicted molar refractivity (Wildman–Crippen MR) is 61.6 cm³/mol. The second-order valence-electron chi connectivity index (χ2n) is 3.50. The molecule has 1 saturated heterocycles. The molecule has 1 aromatic carbocycles. The van der Waals surface area contributed by atoms with E-state index >= 15 is 0 Å². The Morgan fingerprint density at radius 2 is 2.22 bits per heavy atom. The number of alkyl carbamates (subject to hydrolysis) is 1. The van der Waals surface area contributed by atoms with Crippen LogP contribution < -0.4 is 10.1 Å². The fraction of sp³-hybridized carbons (Fsp3) is 0.167. The van der Waals surface area contributed by atoms with Crippen molar-refractivity contribution in [1.29, 1.82) is 0 Å². The Kier molecular flexibility index (Phi) is 3.59. The number of hydrogen-bond donors (Lipinski definition) is 2. The molecule has 0 saturated carbocycles. The van der Waals surface area contributed by atoms with Crippen LogP contribution in [-0.2, 0) is 9.53 Å². The zero-order valence-electron chi connectivity index (χ0n) is 9.38.